The van der Waals surface area contributed by atoms with Crippen LogP contribution in [0.5, 0.6) is 0 Å². The minimum absolute atomic E-state index is 0.0588. The number of hydrogen-bond acceptors (Lipinski definition) is 3. The Morgan fingerprint density at radius 3 is 2.58 bits per heavy atom. The molecule has 0 aromatic heterocycles. The number of carboxylic acid groups (broad SMARTS) is 1. The maximum absolute atomic E-state index is 11.8. The minimum atomic E-state index is -1.33. The van der Waals surface area contributed by atoms with Gasteiger partial charge in [-0.25, -0.2) is 0 Å². The molecule has 0 fully saturated rings. The van der Waals surface area contributed by atoms with Crippen molar-refractivity contribution in [2.45, 2.75) is 12.7 Å². The molecule has 0 spiro atoms. The van der Waals surface area contributed by atoms with Crippen molar-refractivity contribution in [2.24, 2.45) is 11.7 Å². The van der Waals surface area contributed by atoms with E-state index in [2.05, 4.69) is 0 Å². The Bertz CT molecular complexity index is 532. The maximum Gasteiger partial charge on any atom is 0.307 e. The highest BCUT2D eigenvalue weighted by molar-refractivity contribution is 7.84. The first-order chi connectivity index (χ1) is 8.81. The summed E-state index contributed by atoms with van der Waals surface area (Å²) in [5, 5.41) is 9.04. The highest BCUT2D eigenvalue weighted by Crippen LogP contribution is 2.20. The Hall–Kier alpha value is -1.40. The number of carboxylic acids is 1. The molecule has 5 nitrogen and oxygen atoms in total. The minimum Gasteiger partial charge on any atom is -0.481 e. The molecule has 0 aliphatic heterocycles. The second-order valence-electron chi connectivity index (χ2n) is 4.16. The lowest BCUT2D eigenvalue weighted by Crippen LogP contribution is -2.18. The number of amides is 1. The summed E-state index contributed by atoms with van der Waals surface area (Å²) in [7, 11) is -1.33. The van der Waals surface area contributed by atoms with Crippen LogP contribution in [0.15, 0.2) is 18.2 Å². The molecule has 19 heavy (non-hydrogen) atoms. The molecule has 0 radical (unpaired) electrons. The third-order valence-electron chi connectivity index (χ3n) is 2.51. The van der Waals surface area contributed by atoms with Crippen molar-refractivity contribution in [2.75, 3.05) is 5.75 Å². The van der Waals surface area contributed by atoms with Crippen LogP contribution in [-0.4, -0.2) is 26.9 Å². The van der Waals surface area contributed by atoms with Crippen LogP contribution in [0.1, 0.15) is 22.8 Å². The van der Waals surface area contributed by atoms with E-state index >= 15 is 0 Å². The first-order valence-electron chi connectivity index (χ1n) is 5.47. The van der Waals surface area contributed by atoms with Gasteiger partial charge in [0, 0.05) is 27.1 Å². The molecule has 2 atom stereocenters. The zero-order valence-electron chi connectivity index (χ0n) is 10.3. The molecule has 0 heterocycles. The van der Waals surface area contributed by atoms with Gasteiger partial charge in [0.1, 0.15) is 0 Å². The Morgan fingerprint density at radius 2 is 2.11 bits per heavy atom. The molecule has 2 unspecified atom stereocenters. The Kier molecular flexibility index (Phi) is 5.50. The van der Waals surface area contributed by atoms with Gasteiger partial charge in [0.05, 0.1) is 11.7 Å². The smallest absolute Gasteiger partial charge is 0.307 e. The Labute approximate surface area is 118 Å². The fraction of sp³-hybridized carbons (Fsp3) is 0.333. The van der Waals surface area contributed by atoms with Crippen molar-refractivity contribution in [3.05, 3.63) is 34.3 Å². The molecular formula is C12H14ClNO4S. The second kappa shape index (κ2) is 6.68. The molecule has 3 N–H and O–H groups in total. The van der Waals surface area contributed by atoms with Crippen LogP contribution in [0.3, 0.4) is 0 Å². The van der Waals surface area contributed by atoms with Crippen molar-refractivity contribution in [1.82, 2.24) is 0 Å². The van der Waals surface area contributed by atoms with Gasteiger partial charge in [-0.2, -0.15) is 0 Å². The van der Waals surface area contributed by atoms with Crippen LogP contribution in [-0.2, 0) is 21.3 Å². The van der Waals surface area contributed by atoms with E-state index in [1.165, 1.54) is 19.1 Å². The van der Waals surface area contributed by atoms with E-state index in [1.807, 2.05) is 0 Å². The second-order valence-corrected chi connectivity index (χ2v) is 6.07. The van der Waals surface area contributed by atoms with Gasteiger partial charge in [-0.05, 0) is 17.7 Å². The van der Waals surface area contributed by atoms with Gasteiger partial charge in [0.25, 0.3) is 0 Å². The highest BCUT2D eigenvalue weighted by atomic mass is 35.5. The van der Waals surface area contributed by atoms with Gasteiger partial charge < -0.3 is 10.8 Å². The van der Waals surface area contributed by atoms with E-state index in [-0.39, 0.29) is 17.1 Å². The molecule has 1 aromatic rings. The lowest BCUT2D eigenvalue weighted by Gasteiger charge is -2.08. The predicted molar refractivity (Wildman–Crippen MR) is 73.5 cm³/mol. The van der Waals surface area contributed by atoms with Gasteiger partial charge in [-0.1, -0.05) is 24.6 Å². The summed E-state index contributed by atoms with van der Waals surface area (Å²) < 4.78 is 11.8. The lowest BCUT2D eigenvalue weighted by atomic mass is 10.1. The molecule has 1 aromatic carbocycles. The monoisotopic (exact) mass is 303 g/mol. The van der Waals surface area contributed by atoms with Crippen LogP contribution in [0, 0.1) is 5.92 Å². The van der Waals surface area contributed by atoms with Crippen molar-refractivity contribution in [3.63, 3.8) is 0 Å². The van der Waals surface area contributed by atoms with Crippen molar-refractivity contribution in [3.8, 4) is 0 Å². The summed E-state index contributed by atoms with van der Waals surface area (Å²) in [6.45, 7) is 1.50. The summed E-state index contributed by atoms with van der Waals surface area (Å²) in [6.07, 6.45) is 0. The number of hydrogen-bond donors (Lipinski definition) is 2. The first kappa shape index (κ1) is 15.7. The Balaban J connectivity index is 2.75. The molecular weight excluding hydrogens is 290 g/mol. The molecule has 7 heteroatoms. The van der Waals surface area contributed by atoms with E-state index in [0.29, 0.717) is 10.6 Å². The van der Waals surface area contributed by atoms with Crippen molar-refractivity contribution in [1.29, 1.82) is 0 Å². The Morgan fingerprint density at radius 1 is 1.47 bits per heavy atom. The first-order valence-corrected chi connectivity index (χ1v) is 7.34. The third-order valence-corrected chi connectivity index (χ3v) is 4.37. The summed E-state index contributed by atoms with van der Waals surface area (Å²) in [5.41, 5.74) is 5.99. The largest absolute Gasteiger partial charge is 0.481 e. The highest BCUT2D eigenvalue weighted by Gasteiger charge is 2.16. The molecule has 1 rings (SSSR count). The predicted octanol–water partition coefficient (Wildman–Crippen LogP) is 1.41. The van der Waals surface area contributed by atoms with E-state index in [1.54, 1.807) is 6.07 Å². The summed E-state index contributed by atoms with van der Waals surface area (Å²) >= 11 is 5.96. The van der Waals surface area contributed by atoms with Crippen LogP contribution in [0.25, 0.3) is 0 Å². The lowest BCUT2D eigenvalue weighted by molar-refractivity contribution is -0.140. The maximum atomic E-state index is 11.8. The molecule has 0 aliphatic rings. The van der Waals surface area contributed by atoms with Crippen LogP contribution < -0.4 is 5.73 Å². The van der Waals surface area contributed by atoms with Gasteiger partial charge in [-0.15, -0.1) is 0 Å². The number of primary amides is 1. The molecule has 104 valence electrons. The SMILES string of the molecule is CC(CS(=O)Cc1ccc(C(N)=O)cc1Cl)C(=O)O. The zero-order chi connectivity index (χ0) is 14.6. The van der Waals surface area contributed by atoms with E-state index in [0.717, 1.165) is 0 Å². The van der Waals surface area contributed by atoms with Crippen LogP contribution in [0.2, 0.25) is 5.02 Å². The van der Waals surface area contributed by atoms with Gasteiger partial charge in [0.15, 0.2) is 0 Å². The average Bonchev–Trinajstić information content (AvgIpc) is 2.31. The van der Waals surface area contributed by atoms with Crippen LogP contribution >= 0.6 is 11.6 Å². The average molecular weight is 304 g/mol. The topological polar surface area (TPSA) is 97.5 Å². The van der Waals surface area contributed by atoms with E-state index < -0.39 is 28.6 Å². The number of rotatable bonds is 6. The number of carbonyl (C=O) groups excluding carboxylic acids is 1. The number of nitrogens with two attached hydrogens (primary N) is 1. The molecule has 1 amide bonds. The fourth-order valence-electron chi connectivity index (χ4n) is 1.40. The molecule has 0 aliphatic carbocycles. The third kappa shape index (κ3) is 4.65. The van der Waals surface area contributed by atoms with Crippen LogP contribution in [0.4, 0.5) is 0 Å². The summed E-state index contributed by atoms with van der Waals surface area (Å²) in [6, 6.07) is 4.49. The summed E-state index contributed by atoms with van der Waals surface area (Å²) in [5.74, 6) is -2.04. The summed E-state index contributed by atoms with van der Waals surface area (Å²) in [4.78, 5) is 21.6. The standard InChI is InChI=1S/C12H14ClNO4S/c1-7(12(16)17)5-19(18)6-9-3-2-8(11(14)15)4-10(9)13/h2-4,7H,5-6H2,1H3,(H2,14,15)(H,16,17). The molecule has 0 saturated carbocycles. The van der Waals surface area contributed by atoms with E-state index in [4.69, 9.17) is 22.4 Å². The van der Waals surface area contributed by atoms with Gasteiger partial charge >= 0.3 is 5.97 Å². The quantitative estimate of drug-likeness (QED) is 0.830. The molecule has 0 saturated heterocycles. The van der Waals surface area contributed by atoms with Crippen molar-refractivity contribution >= 4 is 34.3 Å². The number of carbonyl (C=O) groups is 2. The fourth-order valence-corrected chi connectivity index (χ4v) is 3.14. The normalized spacial score (nSPS) is 13.8. The molecule has 0 bridgehead atoms. The van der Waals surface area contributed by atoms with Gasteiger partial charge in [-0.3, -0.25) is 13.8 Å². The number of benzene rings is 1. The van der Waals surface area contributed by atoms with Gasteiger partial charge in [0.2, 0.25) is 5.91 Å². The van der Waals surface area contributed by atoms with E-state index in [9.17, 15) is 13.8 Å². The zero-order valence-corrected chi connectivity index (χ0v) is 11.8. The van der Waals surface area contributed by atoms with Crippen molar-refractivity contribution < 1.29 is 18.9 Å². The number of halogens is 1. The number of aliphatic carboxylic acids is 1.